The lowest BCUT2D eigenvalue weighted by Gasteiger charge is -2.19. The molecule has 0 amide bonds. The highest BCUT2D eigenvalue weighted by atomic mass is 16.5. The van der Waals surface area contributed by atoms with E-state index in [1.807, 2.05) is 12.4 Å². The maximum Gasteiger partial charge on any atom is 0.119 e. The summed E-state index contributed by atoms with van der Waals surface area (Å²) in [5, 5.41) is 3.29. The molecule has 1 aromatic carbocycles. The van der Waals surface area contributed by atoms with Gasteiger partial charge >= 0.3 is 0 Å². The Balaban J connectivity index is 1.78. The lowest BCUT2D eigenvalue weighted by atomic mass is 9.89. The van der Waals surface area contributed by atoms with Gasteiger partial charge in [0, 0.05) is 0 Å². The normalized spacial score (nSPS) is 21.2. The molecule has 0 aromatic heterocycles. The Bertz CT molecular complexity index is 497. The molecule has 1 aromatic rings. The smallest absolute Gasteiger partial charge is 0.119 e. The molecule has 1 N–H and O–H groups in total. The zero-order valence-corrected chi connectivity index (χ0v) is 10.6. The van der Waals surface area contributed by atoms with E-state index in [4.69, 9.17) is 4.74 Å². The number of hydrogen-bond donors (Lipinski definition) is 1. The van der Waals surface area contributed by atoms with Crippen molar-refractivity contribution < 1.29 is 4.74 Å². The number of methoxy groups -OCH3 is 1. The molecule has 94 valence electrons. The number of aryl methyl sites for hydroxylation is 1. The van der Waals surface area contributed by atoms with Crippen molar-refractivity contribution in [2.24, 2.45) is 4.99 Å². The van der Waals surface area contributed by atoms with Crippen LogP contribution in [0.5, 0.6) is 5.75 Å². The predicted octanol–water partition coefficient (Wildman–Crippen LogP) is 2.42. The van der Waals surface area contributed by atoms with E-state index in [1.165, 1.54) is 16.7 Å². The van der Waals surface area contributed by atoms with E-state index >= 15 is 0 Å². The molecule has 2 aliphatic rings. The summed E-state index contributed by atoms with van der Waals surface area (Å²) in [7, 11) is 1.72. The number of aliphatic imine (C=N–C) groups is 1. The molecule has 0 radical (unpaired) electrons. The Hall–Kier alpha value is -1.77. The first-order valence-electron chi connectivity index (χ1n) is 6.46. The summed E-state index contributed by atoms with van der Waals surface area (Å²) in [4.78, 5) is 4.22. The van der Waals surface area contributed by atoms with Crippen LogP contribution in [0.3, 0.4) is 0 Å². The summed E-state index contributed by atoms with van der Waals surface area (Å²) in [6.07, 6.45) is 7.54. The van der Waals surface area contributed by atoms with Gasteiger partial charge in [-0.25, -0.2) is 0 Å². The molecular formula is C15H18N2O. The van der Waals surface area contributed by atoms with Crippen molar-refractivity contribution in [3.63, 3.8) is 0 Å². The van der Waals surface area contributed by atoms with Crippen LogP contribution in [0.2, 0.25) is 0 Å². The molecular weight excluding hydrogens is 224 g/mol. The zero-order chi connectivity index (χ0) is 12.4. The quantitative estimate of drug-likeness (QED) is 0.883. The molecule has 3 rings (SSSR count). The number of rotatable bonds is 3. The van der Waals surface area contributed by atoms with Gasteiger partial charge in [-0.3, -0.25) is 4.99 Å². The van der Waals surface area contributed by atoms with Gasteiger partial charge in [0.05, 0.1) is 26.0 Å². The lowest BCUT2D eigenvalue weighted by molar-refractivity contribution is 0.414. The highest BCUT2D eigenvalue weighted by molar-refractivity contribution is 5.62. The maximum atomic E-state index is 5.29. The zero-order valence-electron chi connectivity index (χ0n) is 10.6. The second kappa shape index (κ2) is 4.84. The van der Waals surface area contributed by atoms with Crippen molar-refractivity contribution in [2.75, 3.05) is 13.7 Å². The van der Waals surface area contributed by atoms with Gasteiger partial charge in [-0.05, 0) is 42.5 Å². The third kappa shape index (κ3) is 2.26. The minimum Gasteiger partial charge on any atom is -0.497 e. The third-order valence-corrected chi connectivity index (χ3v) is 3.66. The van der Waals surface area contributed by atoms with Gasteiger partial charge in [0.15, 0.2) is 0 Å². The Kier molecular flexibility index (Phi) is 3.05. The average Bonchev–Trinajstić information content (AvgIpc) is 2.90. The number of nitrogens with zero attached hydrogens (tertiary/aromatic N) is 1. The summed E-state index contributed by atoms with van der Waals surface area (Å²) in [5.41, 5.74) is 4.25. The molecule has 0 bridgehead atoms. The van der Waals surface area contributed by atoms with E-state index in [-0.39, 0.29) is 0 Å². The standard InChI is InChI=1S/C15H18N2O/c1-18-15-5-4-12-3-2-11(6-13(12)8-15)7-14-9-16-10-17-14/h4-6,8,10,14H,2-3,7,9H2,1H3,(H,16,17)/t14-/m0/s1. The topological polar surface area (TPSA) is 33.6 Å². The summed E-state index contributed by atoms with van der Waals surface area (Å²) in [6, 6.07) is 6.85. The molecule has 1 aliphatic heterocycles. The van der Waals surface area contributed by atoms with E-state index < -0.39 is 0 Å². The Morgan fingerprint density at radius 3 is 3.11 bits per heavy atom. The first kappa shape index (κ1) is 11.3. The minimum atomic E-state index is 0.489. The molecule has 0 saturated heterocycles. The molecule has 1 atom stereocenters. The summed E-state index contributed by atoms with van der Waals surface area (Å²) < 4.78 is 5.29. The minimum absolute atomic E-state index is 0.489. The van der Waals surface area contributed by atoms with Crippen molar-refractivity contribution in [3.8, 4) is 5.75 Å². The van der Waals surface area contributed by atoms with E-state index in [9.17, 15) is 0 Å². The van der Waals surface area contributed by atoms with Gasteiger partial charge in [-0.2, -0.15) is 0 Å². The van der Waals surface area contributed by atoms with Crippen LogP contribution in [-0.2, 0) is 6.42 Å². The van der Waals surface area contributed by atoms with Crippen LogP contribution in [0.25, 0.3) is 6.08 Å². The van der Waals surface area contributed by atoms with E-state index in [0.717, 1.165) is 31.6 Å². The number of benzene rings is 1. The fraction of sp³-hybridized carbons (Fsp3) is 0.400. The van der Waals surface area contributed by atoms with Crippen LogP contribution >= 0.6 is 0 Å². The van der Waals surface area contributed by atoms with Gasteiger partial charge in [0.25, 0.3) is 0 Å². The number of hydrogen-bond acceptors (Lipinski definition) is 3. The van der Waals surface area contributed by atoms with Crippen LogP contribution < -0.4 is 10.1 Å². The van der Waals surface area contributed by atoms with Crippen molar-refractivity contribution in [1.82, 2.24) is 5.32 Å². The fourth-order valence-electron chi connectivity index (χ4n) is 2.64. The molecule has 3 heteroatoms. The molecule has 0 saturated carbocycles. The van der Waals surface area contributed by atoms with Gasteiger partial charge in [0.2, 0.25) is 0 Å². The third-order valence-electron chi connectivity index (χ3n) is 3.66. The number of fused-ring (bicyclic) bond motifs is 1. The summed E-state index contributed by atoms with van der Waals surface area (Å²) in [6.45, 7) is 0.905. The van der Waals surface area contributed by atoms with Crippen molar-refractivity contribution in [1.29, 1.82) is 0 Å². The van der Waals surface area contributed by atoms with Crippen LogP contribution in [-0.4, -0.2) is 26.0 Å². The Labute approximate surface area is 108 Å². The molecule has 0 spiro atoms. The van der Waals surface area contributed by atoms with Gasteiger partial charge in [0.1, 0.15) is 5.75 Å². The Morgan fingerprint density at radius 2 is 2.33 bits per heavy atom. The molecule has 3 nitrogen and oxygen atoms in total. The molecule has 18 heavy (non-hydrogen) atoms. The maximum absolute atomic E-state index is 5.29. The van der Waals surface area contributed by atoms with Crippen molar-refractivity contribution >= 4 is 12.4 Å². The SMILES string of the molecule is COc1ccc2c(c1)C=C(C[C@H]1CN=CN1)CC2. The largest absolute Gasteiger partial charge is 0.497 e. The van der Waals surface area contributed by atoms with E-state index in [1.54, 1.807) is 7.11 Å². The van der Waals surface area contributed by atoms with Crippen LogP contribution in [0, 0.1) is 0 Å². The Morgan fingerprint density at radius 1 is 1.39 bits per heavy atom. The predicted molar refractivity (Wildman–Crippen MR) is 74.2 cm³/mol. The molecule has 0 unspecified atom stereocenters. The highest BCUT2D eigenvalue weighted by Crippen LogP contribution is 2.29. The first-order chi connectivity index (χ1) is 8.85. The van der Waals surface area contributed by atoms with Crippen molar-refractivity contribution in [3.05, 3.63) is 34.9 Å². The van der Waals surface area contributed by atoms with E-state index in [2.05, 4.69) is 28.5 Å². The van der Waals surface area contributed by atoms with Gasteiger partial charge < -0.3 is 10.1 Å². The first-order valence-corrected chi connectivity index (χ1v) is 6.46. The second-order valence-corrected chi connectivity index (χ2v) is 4.93. The summed E-state index contributed by atoms with van der Waals surface area (Å²) in [5.74, 6) is 0.938. The lowest BCUT2D eigenvalue weighted by Crippen LogP contribution is -2.25. The van der Waals surface area contributed by atoms with Crippen LogP contribution in [0.1, 0.15) is 24.0 Å². The monoisotopic (exact) mass is 242 g/mol. The highest BCUT2D eigenvalue weighted by Gasteiger charge is 2.16. The van der Waals surface area contributed by atoms with Crippen LogP contribution in [0.4, 0.5) is 0 Å². The second-order valence-electron chi connectivity index (χ2n) is 4.93. The van der Waals surface area contributed by atoms with Crippen LogP contribution in [0.15, 0.2) is 28.8 Å². The molecule has 0 fully saturated rings. The van der Waals surface area contributed by atoms with Crippen molar-refractivity contribution in [2.45, 2.75) is 25.3 Å². The summed E-state index contributed by atoms with van der Waals surface area (Å²) >= 11 is 0. The number of ether oxygens (including phenoxy) is 1. The fourth-order valence-corrected chi connectivity index (χ4v) is 2.64. The number of nitrogens with one attached hydrogen (secondary N) is 1. The van der Waals surface area contributed by atoms with Gasteiger partial charge in [-0.1, -0.05) is 17.7 Å². The molecule has 1 heterocycles. The van der Waals surface area contributed by atoms with Gasteiger partial charge in [-0.15, -0.1) is 0 Å². The average molecular weight is 242 g/mol. The molecule has 1 aliphatic carbocycles. The van der Waals surface area contributed by atoms with E-state index in [0.29, 0.717) is 6.04 Å².